The number of furan rings is 1. The first kappa shape index (κ1) is 25.7. The SMILES string of the molecule is Cc1c2c(c(CC(C)(C)C)c3c1oc1ccccc13)Sc1cc3c(CC(C)(C)C)cccc3c3cc[n+](C)c-2c13. The third-order valence-corrected chi connectivity index (χ3v) is 9.52. The van der Waals surface area contributed by atoms with Gasteiger partial charge in [0, 0.05) is 37.6 Å². The highest BCUT2D eigenvalue weighted by atomic mass is 32.2. The summed E-state index contributed by atoms with van der Waals surface area (Å²) in [4.78, 5) is 2.76. The molecule has 0 bridgehead atoms. The second kappa shape index (κ2) is 8.60. The Morgan fingerprint density at radius 1 is 0.775 bits per heavy atom. The number of nitrogens with zero attached hydrogens (tertiary/aromatic N) is 1. The lowest BCUT2D eigenvalue weighted by Gasteiger charge is -2.27. The van der Waals surface area contributed by atoms with Crippen molar-refractivity contribution in [1.29, 1.82) is 0 Å². The minimum absolute atomic E-state index is 0.132. The molecule has 202 valence electrons. The summed E-state index contributed by atoms with van der Waals surface area (Å²) in [6.07, 6.45) is 4.29. The van der Waals surface area contributed by atoms with Crippen molar-refractivity contribution in [1.82, 2.24) is 0 Å². The highest BCUT2D eigenvalue weighted by molar-refractivity contribution is 8.00. The molecule has 6 aromatic rings. The van der Waals surface area contributed by atoms with Crippen molar-refractivity contribution in [3.8, 4) is 11.3 Å². The maximum absolute atomic E-state index is 6.64. The molecular formula is C37H38NOS+. The summed E-state index contributed by atoms with van der Waals surface area (Å²) in [6, 6.07) is 20.3. The van der Waals surface area contributed by atoms with Crippen molar-refractivity contribution in [3.05, 3.63) is 77.5 Å². The standard InChI is InChI=1S/C37H38NOS/c1-21-30-33-32-24(16-17-38(33)8)23-14-11-12-22(19-36(2,3)4)26(23)18-29(32)40-35(30)27(20-37(5,6)7)31-25-13-9-10-15-28(25)39-34(21)31/h9-18H,19-20H2,1-8H3/q+1. The molecule has 0 saturated carbocycles. The summed E-state index contributed by atoms with van der Waals surface area (Å²) < 4.78 is 8.97. The van der Waals surface area contributed by atoms with Crippen LogP contribution >= 0.6 is 11.8 Å². The number of aromatic nitrogens is 1. The van der Waals surface area contributed by atoms with E-state index < -0.39 is 0 Å². The Labute approximate surface area is 241 Å². The van der Waals surface area contributed by atoms with Gasteiger partial charge in [0.25, 0.3) is 0 Å². The smallest absolute Gasteiger partial charge is 0.222 e. The van der Waals surface area contributed by atoms with Crippen LogP contribution < -0.4 is 4.57 Å². The van der Waals surface area contributed by atoms with Crippen LogP contribution in [0, 0.1) is 17.8 Å². The zero-order valence-corrected chi connectivity index (χ0v) is 25.8. The molecule has 2 aromatic heterocycles. The van der Waals surface area contributed by atoms with Gasteiger partial charge in [0.05, 0.1) is 10.9 Å². The number of para-hydroxylation sites is 1. The first-order valence-electron chi connectivity index (χ1n) is 14.4. The highest BCUT2D eigenvalue weighted by Crippen LogP contribution is 2.55. The van der Waals surface area contributed by atoms with Gasteiger partial charge in [-0.15, -0.1) is 0 Å². The Morgan fingerprint density at radius 2 is 1.50 bits per heavy atom. The minimum Gasteiger partial charge on any atom is -0.456 e. The summed E-state index contributed by atoms with van der Waals surface area (Å²) in [5.74, 6) is 0. The molecule has 1 aliphatic heterocycles. The van der Waals surface area contributed by atoms with Crippen LogP contribution in [0.2, 0.25) is 0 Å². The normalized spacial score (nSPS) is 13.6. The van der Waals surface area contributed by atoms with Gasteiger partial charge < -0.3 is 4.42 Å². The first-order chi connectivity index (χ1) is 18.9. The van der Waals surface area contributed by atoms with Crippen molar-refractivity contribution in [3.63, 3.8) is 0 Å². The minimum atomic E-state index is 0.132. The number of benzene rings is 4. The summed E-state index contributed by atoms with van der Waals surface area (Å²) in [5.41, 5.74) is 9.10. The van der Waals surface area contributed by atoms with E-state index in [4.69, 9.17) is 4.42 Å². The number of aryl methyl sites for hydroxylation is 2. The molecule has 0 N–H and O–H groups in total. The van der Waals surface area contributed by atoms with E-state index in [-0.39, 0.29) is 10.8 Å². The Kier molecular flexibility index (Phi) is 5.52. The van der Waals surface area contributed by atoms with Gasteiger partial charge in [0.1, 0.15) is 18.2 Å². The van der Waals surface area contributed by atoms with Crippen LogP contribution in [-0.4, -0.2) is 0 Å². The van der Waals surface area contributed by atoms with Gasteiger partial charge in [-0.2, -0.15) is 0 Å². The lowest BCUT2D eigenvalue weighted by molar-refractivity contribution is -0.659. The summed E-state index contributed by atoms with van der Waals surface area (Å²) in [6.45, 7) is 16.3. The van der Waals surface area contributed by atoms with Crippen molar-refractivity contribution in [2.45, 2.75) is 71.1 Å². The van der Waals surface area contributed by atoms with Crippen LogP contribution in [0.5, 0.6) is 0 Å². The lowest BCUT2D eigenvalue weighted by atomic mass is 9.83. The molecule has 40 heavy (non-hydrogen) atoms. The second-order valence-corrected chi connectivity index (χ2v) is 15.2. The van der Waals surface area contributed by atoms with Gasteiger partial charge in [0.15, 0.2) is 6.20 Å². The number of hydrogen-bond acceptors (Lipinski definition) is 2. The van der Waals surface area contributed by atoms with Crippen LogP contribution in [0.4, 0.5) is 0 Å². The van der Waals surface area contributed by atoms with Gasteiger partial charge >= 0.3 is 0 Å². The van der Waals surface area contributed by atoms with E-state index in [2.05, 4.69) is 121 Å². The fourth-order valence-corrected chi connectivity index (χ4v) is 8.17. The second-order valence-electron chi connectivity index (χ2n) is 14.1. The molecule has 3 heterocycles. The van der Waals surface area contributed by atoms with Gasteiger partial charge in [0.2, 0.25) is 5.69 Å². The van der Waals surface area contributed by atoms with E-state index in [1.807, 2.05) is 11.8 Å². The van der Waals surface area contributed by atoms with E-state index in [0.29, 0.717) is 0 Å². The van der Waals surface area contributed by atoms with E-state index in [0.717, 1.165) is 24.0 Å². The lowest BCUT2D eigenvalue weighted by Crippen LogP contribution is -2.32. The number of hydrogen-bond donors (Lipinski definition) is 0. The third kappa shape index (κ3) is 3.89. The zero-order chi connectivity index (χ0) is 28.1. The Morgan fingerprint density at radius 3 is 2.25 bits per heavy atom. The third-order valence-electron chi connectivity index (χ3n) is 8.32. The monoisotopic (exact) mass is 544 g/mol. The quantitative estimate of drug-likeness (QED) is 0.159. The fourth-order valence-electron chi connectivity index (χ4n) is 6.82. The molecule has 7 rings (SSSR count). The Hall–Kier alpha value is -3.30. The number of rotatable bonds is 2. The van der Waals surface area contributed by atoms with Gasteiger partial charge in [-0.3, -0.25) is 0 Å². The molecule has 1 aliphatic rings. The molecule has 0 spiro atoms. The summed E-state index contributed by atoms with van der Waals surface area (Å²) in [5, 5.41) is 7.96. The molecule has 0 amide bonds. The summed E-state index contributed by atoms with van der Waals surface area (Å²) >= 11 is 1.98. The molecule has 0 aliphatic carbocycles. The first-order valence-corrected chi connectivity index (χ1v) is 15.2. The Balaban J connectivity index is 1.64. The number of pyridine rings is 1. The molecule has 4 aromatic carbocycles. The zero-order valence-electron chi connectivity index (χ0n) is 25.0. The average molecular weight is 545 g/mol. The molecule has 0 radical (unpaired) electrons. The molecule has 3 heteroatoms. The van der Waals surface area contributed by atoms with E-state index in [9.17, 15) is 0 Å². The molecular weight excluding hydrogens is 506 g/mol. The van der Waals surface area contributed by atoms with Crippen molar-refractivity contribution in [2.75, 3.05) is 0 Å². The van der Waals surface area contributed by atoms with Crippen LogP contribution in [0.25, 0.3) is 54.7 Å². The van der Waals surface area contributed by atoms with Crippen LogP contribution in [0.1, 0.15) is 58.2 Å². The topological polar surface area (TPSA) is 17.0 Å². The largest absolute Gasteiger partial charge is 0.456 e. The van der Waals surface area contributed by atoms with Crippen LogP contribution in [0.3, 0.4) is 0 Å². The van der Waals surface area contributed by atoms with E-state index in [1.165, 1.54) is 70.1 Å². The molecule has 0 saturated heterocycles. The summed E-state index contributed by atoms with van der Waals surface area (Å²) in [7, 11) is 2.20. The fraction of sp³-hybridized carbons (Fsp3) is 0.324. The predicted molar refractivity (Wildman–Crippen MR) is 171 cm³/mol. The van der Waals surface area contributed by atoms with Crippen molar-refractivity contribution < 1.29 is 8.98 Å². The van der Waals surface area contributed by atoms with Crippen molar-refractivity contribution in [2.24, 2.45) is 17.9 Å². The van der Waals surface area contributed by atoms with Gasteiger partial charge in [-0.25, -0.2) is 4.57 Å². The molecule has 0 atom stereocenters. The van der Waals surface area contributed by atoms with Crippen molar-refractivity contribution >= 4 is 55.2 Å². The predicted octanol–water partition coefficient (Wildman–Crippen LogP) is 10.3. The molecule has 2 nitrogen and oxygen atoms in total. The Bertz CT molecular complexity index is 2010. The van der Waals surface area contributed by atoms with E-state index in [1.54, 1.807) is 0 Å². The van der Waals surface area contributed by atoms with Gasteiger partial charge in [-0.05, 0) is 64.6 Å². The molecule has 0 fully saturated rings. The number of fused-ring (bicyclic) bond motifs is 7. The average Bonchev–Trinajstić information content (AvgIpc) is 3.27. The maximum Gasteiger partial charge on any atom is 0.222 e. The van der Waals surface area contributed by atoms with Crippen LogP contribution in [0.15, 0.2) is 75.0 Å². The highest BCUT2D eigenvalue weighted by Gasteiger charge is 2.35. The van der Waals surface area contributed by atoms with Crippen LogP contribution in [-0.2, 0) is 19.9 Å². The van der Waals surface area contributed by atoms with Gasteiger partial charge in [-0.1, -0.05) is 89.7 Å². The van der Waals surface area contributed by atoms with E-state index >= 15 is 0 Å². The maximum atomic E-state index is 6.64. The molecule has 0 unspecified atom stereocenters.